The summed E-state index contributed by atoms with van der Waals surface area (Å²) in [6.45, 7) is 5.72. The van der Waals surface area contributed by atoms with Crippen molar-refractivity contribution >= 4 is 23.5 Å². The average molecular weight is 307 g/mol. The zero-order chi connectivity index (χ0) is 16.8. The number of carbonyl (C=O) groups excluding carboxylic acids is 2. The molecule has 0 heterocycles. The molecule has 0 atom stereocenters. The molecule has 23 heavy (non-hydrogen) atoms. The van der Waals surface area contributed by atoms with E-state index in [2.05, 4.69) is 19.2 Å². The Balaban J connectivity index is 2.04. The van der Waals surface area contributed by atoms with Crippen LogP contribution in [0.25, 0.3) is 6.08 Å². The standard InChI is InChI=1S/C20H21NO2/c1-14(2)17-7-9-18(10-8-17)20(23)13-6-16-4-11-19(12-5-16)21-15(3)22/h4-14H,1-3H3,(H,21,22)/b13-6+. The van der Waals surface area contributed by atoms with Gasteiger partial charge in [0.15, 0.2) is 5.78 Å². The third-order valence-corrected chi connectivity index (χ3v) is 3.52. The Morgan fingerprint density at radius 2 is 1.57 bits per heavy atom. The van der Waals surface area contributed by atoms with Crippen LogP contribution in [0.5, 0.6) is 0 Å². The fourth-order valence-electron chi connectivity index (χ4n) is 2.18. The van der Waals surface area contributed by atoms with Crippen LogP contribution >= 0.6 is 0 Å². The van der Waals surface area contributed by atoms with Gasteiger partial charge in [-0.15, -0.1) is 0 Å². The summed E-state index contributed by atoms with van der Waals surface area (Å²) in [5.41, 5.74) is 3.55. The van der Waals surface area contributed by atoms with Gasteiger partial charge in [0.2, 0.25) is 5.91 Å². The van der Waals surface area contributed by atoms with Gasteiger partial charge in [0, 0.05) is 18.2 Å². The highest BCUT2D eigenvalue weighted by atomic mass is 16.1. The third kappa shape index (κ3) is 4.92. The topological polar surface area (TPSA) is 46.2 Å². The van der Waals surface area contributed by atoms with Crippen molar-refractivity contribution in [1.82, 2.24) is 0 Å². The van der Waals surface area contributed by atoms with E-state index >= 15 is 0 Å². The maximum absolute atomic E-state index is 12.2. The molecule has 1 N–H and O–H groups in total. The summed E-state index contributed by atoms with van der Waals surface area (Å²) >= 11 is 0. The van der Waals surface area contributed by atoms with Crippen molar-refractivity contribution in [3.05, 3.63) is 71.3 Å². The van der Waals surface area contributed by atoms with Crippen LogP contribution in [0.2, 0.25) is 0 Å². The molecule has 0 radical (unpaired) electrons. The van der Waals surface area contributed by atoms with Gasteiger partial charge in [-0.3, -0.25) is 9.59 Å². The molecule has 0 aromatic heterocycles. The number of amides is 1. The van der Waals surface area contributed by atoms with Crippen LogP contribution in [0.15, 0.2) is 54.6 Å². The summed E-state index contributed by atoms with van der Waals surface area (Å²) in [5, 5.41) is 2.71. The van der Waals surface area contributed by atoms with E-state index in [0.717, 1.165) is 11.3 Å². The highest BCUT2D eigenvalue weighted by Crippen LogP contribution is 2.16. The predicted octanol–water partition coefficient (Wildman–Crippen LogP) is 4.66. The largest absolute Gasteiger partial charge is 0.326 e. The number of ketones is 1. The second-order valence-electron chi connectivity index (χ2n) is 5.78. The molecule has 0 bridgehead atoms. The van der Waals surface area contributed by atoms with Crippen LogP contribution in [0.3, 0.4) is 0 Å². The summed E-state index contributed by atoms with van der Waals surface area (Å²) in [4.78, 5) is 23.1. The third-order valence-electron chi connectivity index (χ3n) is 3.52. The maximum Gasteiger partial charge on any atom is 0.221 e. The summed E-state index contributed by atoms with van der Waals surface area (Å²) in [6.07, 6.45) is 3.34. The molecule has 3 heteroatoms. The predicted molar refractivity (Wildman–Crippen MR) is 94.6 cm³/mol. The Hall–Kier alpha value is -2.68. The first-order chi connectivity index (χ1) is 11.0. The highest BCUT2D eigenvalue weighted by Gasteiger charge is 2.03. The van der Waals surface area contributed by atoms with E-state index < -0.39 is 0 Å². The van der Waals surface area contributed by atoms with Crippen molar-refractivity contribution in [2.75, 3.05) is 5.32 Å². The number of nitrogens with one attached hydrogen (secondary N) is 1. The van der Waals surface area contributed by atoms with E-state index in [1.165, 1.54) is 12.5 Å². The molecule has 0 aliphatic heterocycles. The summed E-state index contributed by atoms with van der Waals surface area (Å²) < 4.78 is 0. The molecule has 118 valence electrons. The zero-order valence-corrected chi connectivity index (χ0v) is 13.7. The molecule has 1 amide bonds. The van der Waals surface area contributed by atoms with Crippen LogP contribution < -0.4 is 5.32 Å². The van der Waals surface area contributed by atoms with Crippen LogP contribution in [0.1, 0.15) is 48.2 Å². The van der Waals surface area contributed by atoms with Crippen molar-refractivity contribution in [1.29, 1.82) is 0 Å². The number of hydrogen-bond acceptors (Lipinski definition) is 2. The number of rotatable bonds is 5. The van der Waals surface area contributed by atoms with Gasteiger partial charge in [-0.05, 0) is 35.3 Å². The van der Waals surface area contributed by atoms with Crippen LogP contribution in [-0.2, 0) is 4.79 Å². The second kappa shape index (κ2) is 7.54. The summed E-state index contributed by atoms with van der Waals surface area (Å²) in [7, 11) is 0. The first-order valence-electron chi connectivity index (χ1n) is 7.66. The van der Waals surface area contributed by atoms with E-state index in [4.69, 9.17) is 0 Å². The minimum absolute atomic E-state index is 0.0220. The lowest BCUT2D eigenvalue weighted by Crippen LogP contribution is -2.05. The number of benzene rings is 2. The van der Waals surface area contributed by atoms with Gasteiger partial charge in [0.05, 0.1) is 0 Å². The molecular weight excluding hydrogens is 286 g/mol. The number of hydrogen-bond donors (Lipinski definition) is 1. The van der Waals surface area contributed by atoms with Crippen molar-refractivity contribution in [3.8, 4) is 0 Å². The molecule has 2 rings (SSSR count). The van der Waals surface area contributed by atoms with Gasteiger partial charge in [-0.25, -0.2) is 0 Å². The number of anilines is 1. The molecule has 0 aliphatic rings. The Morgan fingerprint density at radius 1 is 0.957 bits per heavy atom. The minimum atomic E-state index is -0.103. The molecule has 3 nitrogen and oxygen atoms in total. The molecule has 2 aromatic rings. The van der Waals surface area contributed by atoms with Gasteiger partial charge in [-0.2, -0.15) is 0 Å². The quantitative estimate of drug-likeness (QED) is 0.645. The van der Waals surface area contributed by atoms with Gasteiger partial charge >= 0.3 is 0 Å². The van der Waals surface area contributed by atoms with E-state index in [-0.39, 0.29) is 11.7 Å². The Labute approximate surface area is 137 Å². The molecule has 0 saturated carbocycles. The summed E-state index contributed by atoms with van der Waals surface area (Å²) in [6, 6.07) is 15.0. The average Bonchev–Trinajstić information content (AvgIpc) is 2.53. The van der Waals surface area contributed by atoms with Crippen molar-refractivity contribution < 1.29 is 9.59 Å². The molecule has 0 fully saturated rings. The van der Waals surface area contributed by atoms with Gasteiger partial charge < -0.3 is 5.32 Å². The first kappa shape index (κ1) is 16.7. The van der Waals surface area contributed by atoms with E-state index in [1.807, 2.05) is 48.5 Å². The van der Waals surface area contributed by atoms with Gasteiger partial charge in [0.1, 0.15) is 0 Å². The van der Waals surface area contributed by atoms with E-state index in [9.17, 15) is 9.59 Å². The second-order valence-corrected chi connectivity index (χ2v) is 5.78. The van der Waals surface area contributed by atoms with Crippen molar-refractivity contribution in [2.45, 2.75) is 26.7 Å². The normalized spacial score (nSPS) is 11.0. The minimum Gasteiger partial charge on any atom is -0.326 e. The van der Waals surface area contributed by atoms with Crippen LogP contribution in [0, 0.1) is 0 Å². The number of carbonyl (C=O) groups is 2. The monoisotopic (exact) mass is 307 g/mol. The lowest BCUT2D eigenvalue weighted by atomic mass is 10.0. The number of allylic oxidation sites excluding steroid dienone is 1. The molecule has 0 unspecified atom stereocenters. The van der Waals surface area contributed by atoms with Gasteiger partial charge in [-0.1, -0.05) is 56.3 Å². The highest BCUT2D eigenvalue weighted by molar-refractivity contribution is 6.06. The molecule has 2 aromatic carbocycles. The van der Waals surface area contributed by atoms with E-state index in [1.54, 1.807) is 12.2 Å². The molecule has 0 spiro atoms. The fourth-order valence-corrected chi connectivity index (χ4v) is 2.18. The molecule has 0 saturated heterocycles. The Bertz CT molecular complexity index is 710. The lowest BCUT2D eigenvalue weighted by Gasteiger charge is -2.05. The van der Waals surface area contributed by atoms with Crippen molar-refractivity contribution in [3.63, 3.8) is 0 Å². The lowest BCUT2D eigenvalue weighted by molar-refractivity contribution is -0.114. The molecular formula is C20H21NO2. The fraction of sp³-hybridized carbons (Fsp3) is 0.200. The van der Waals surface area contributed by atoms with Crippen LogP contribution in [0.4, 0.5) is 5.69 Å². The van der Waals surface area contributed by atoms with Gasteiger partial charge in [0.25, 0.3) is 0 Å². The van der Waals surface area contributed by atoms with E-state index in [0.29, 0.717) is 11.5 Å². The van der Waals surface area contributed by atoms with Crippen LogP contribution in [-0.4, -0.2) is 11.7 Å². The zero-order valence-electron chi connectivity index (χ0n) is 13.7. The van der Waals surface area contributed by atoms with Crippen molar-refractivity contribution in [2.24, 2.45) is 0 Å². The smallest absolute Gasteiger partial charge is 0.221 e. The Kier molecular flexibility index (Phi) is 5.47. The first-order valence-corrected chi connectivity index (χ1v) is 7.66. The maximum atomic E-state index is 12.2. The summed E-state index contributed by atoms with van der Waals surface area (Å²) in [5.74, 6) is 0.330. The Morgan fingerprint density at radius 3 is 2.09 bits per heavy atom. The SMILES string of the molecule is CC(=O)Nc1ccc(/C=C/C(=O)c2ccc(C(C)C)cc2)cc1. The molecule has 0 aliphatic carbocycles.